The van der Waals surface area contributed by atoms with Crippen molar-refractivity contribution in [3.8, 4) is 5.75 Å². The summed E-state index contributed by atoms with van der Waals surface area (Å²) < 4.78 is 0. The van der Waals surface area contributed by atoms with Crippen molar-refractivity contribution in [2.24, 2.45) is 0 Å². The largest absolute Gasteiger partial charge is 0.507 e. The number of para-hydroxylation sites is 1. The van der Waals surface area contributed by atoms with Gasteiger partial charge in [-0.3, -0.25) is 14.9 Å². The molecule has 0 bridgehead atoms. The Balaban J connectivity index is 1.37. The number of imide groups is 1. The molecule has 0 spiro atoms. The van der Waals surface area contributed by atoms with Crippen LogP contribution in [-0.4, -0.2) is 60.0 Å². The Hall–Kier alpha value is -3.63. The summed E-state index contributed by atoms with van der Waals surface area (Å²) in [5.41, 5.74) is 7.91. The first-order chi connectivity index (χ1) is 16.3. The van der Waals surface area contributed by atoms with Crippen molar-refractivity contribution >= 4 is 45.5 Å². The molecule has 34 heavy (non-hydrogen) atoms. The third kappa shape index (κ3) is 5.29. The lowest BCUT2D eigenvalue weighted by Gasteiger charge is -2.36. The Morgan fingerprint density at radius 2 is 1.76 bits per heavy atom. The summed E-state index contributed by atoms with van der Waals surface area (Å²) in [7, 11) is 4.26. The second-order valence-corrected chi connectivity index (χ2v) is 9.39. The number of nitrogens with zero attached hydrogens (tertiary/aromatic N) is 3. The van der Waals surface area contributed by atoms with E-state index in [4.69, 9.17) is 5.73 Å². The van der Waals surface area contributed by atoms with Crippen LogP contribution < -0.4 is 21.3 Å². The Kier molecular flexibility index (Phi) is 6.99. The first-order valence-corrected chi connectivity index (χ1v) is 11.8. The third-order valence-electron chi connectivity index (χ3n) is 5.91. The summed E-state index contributed by atoms with van der Waals surface area (Å²) in [5, 5.41) is 15.6. The fourth-order valence-electron chi connectivity index (χ4n) is 3.96. The first kappa shape index (κ1) is 23.5. The van der Waals surface area contributed by atoms with Crippen molar-refractivity contribution in [1.29, 1.82) is 0 Å². The molecule has 9 nitrogen and oxygen atoms in total. The number of carbonyl (C=O) groups is 2. The van der Waals surface area contributed by atoms with Crippen LogP contribution in [0.25, 0.3) is 0 Å². The predicted octanol–water partition coefficient (Wildman–Crippen LogP) is 3.28. The van der Waals surface area contributed by atoms with Crippen molar-refractivity contribution in [2.45, 2.75) is 18.9 Å². The van der Waals surface area contributed by atoms with E-state index in [1.54, 1.807) is 12.1 Å². The van der Waals surface area contributed by atoms with E-state index < -0.39 is 11.8 Å². The molecule has 2 amide bonds. The normalized spacial score (nSPS) is 14.3. The Labute approximate surface area is 202 Å². The summed E-state index contributed by atoms with van der Waals surface area (Å²) in [5.74, 6) is -1.57. The number of hydrogen-bond donors (Lipinski definition) is 4. The highest BCUT2D eigenvalue weighted by Gasteiger charge is 2.22. The number of nitrogen functional groups attached to an aromatic ring is 1. The molecular formula is C24H28N6O3S. The Morgan fingerprint density at radius 3 is 2.41 bits per heavy atom. The zero-order valence-corrected chi connectivity index (χ0v) is 19.9. The minimum absolute atomic E-state index is 0.00307. The predicted molar refractivity (Wildman–Crippen MR) is 135 cm³/mol. The van der Waals surface area contributed by atoms with Gasteiger partial charge in [-0.2, -0.15) is 0 Å². The van der Waals surface area contributed by atoms with Gasteiger partial charge in [-0.05, 0) is 63.3 Å². The van der Waals surface area contributed by atoms with E-state index in [9.17, 15) is 14.7 Å². The van der Waals surface area contributed by atoms with Gasteiger partial charge in [-0.15, -0.1) is 0 Å². The molecule has 178 valence electrons. The molecule has 0 unspecified atom stereocenters. The molecule has 1 aliphatic rings. The molecule has 10 heteroatoms. The highest BCUT2D eigenvalue weighted by Crippen LogP contribution is 2.29. The third-order valence-corrected chi connectivity index (χ3v) is 6.90. The highest BCUT2D eigenvalue weighted by molar-refractivity contribution is 7.18. The van der Waals surface area contributed by atoms with Gasteiger partial charge in [0.1, 0.15) is 16.4 Å². The molecule has 2 heterocycles. The van der Waals surface area contributed by atoms with Crippen molar-refractivity contribution in [2.75, 3.05) is 43.1 Å². The fourth-order valence-corrected chi connectivity index (χ4v) is 4.76. The second-order valence-electron chi connectivity index (χ2n) is 8.39. The fraction of sp³-hybridized carbons (Fsp3) is 0.292. The number of aromatic hydroxyl groups is 1. The quantitative estimate of drug-likeness (QED) is 0.396. The van der Waals surface area contributed by atoms with Crippen molar-refractivity contribution in [1.82, 2.24) is 15.2 Å². The van der Waals surface area contributed by atoms with Crippen LogP contribution >= 0.6 is 11.3 Å². The number of thiazole rings is 1. The number of carbonyl (C=O) groups excluding carboxylic acids is 2. The van der Waals surface area contributed by atoms with Crippen LogP contribution in [0.2, 0.25) is 0 Å². The van der Waals surface area contributed by atoms with Gasteiger partial charge in [0.05, 0.1) is 5.56 Å². The second kappa shape index (κ2) is 10.1. The number of aromatic nitrogens is 1. The molecule has 3 aromatic rings. The van der Waals surface area contributed by atoms with Crippen molar-refractivity contribution < 1.29 is 14.7 Å². The Morgan fingerprint density at radius 1 is 1.09 bits per heavy atom. The van der Waals surface area contributed by atoms with Gasteiger partial charge in [0, 0.05) is 30.5 Å². The first-order valence-electron chi connectivity index (χ1n) is 11.0. The minimum Gasteiger partial charge on any atom is -0.507 e. The maximum absolute atomic E-state index is 12.6. The van der Waals surface area contributed by atoms with Crippen LogP contribution in [0.3, 0.4) is 0 Å². The maximum atomic E-state index is 12.6. The topological polar surface area (TPSA) is 124 Å². The number of piperidine rings is 1. The SMILES string of the molecule is CN(C)C1CCN(c2ccc(Nc3nc(N)c(C(=O)NC(=O)c4ccccc4O)s3)cc2)CC1. The van der Waals surface area contributed by atoms with E-state index in [2.05, 4.69) is 51.6 Å². The number of amides is 2. The van der Waals surface area contributed by atoms with Gasteiger partial charge in [0.2, 0.25) is 0 Å². The van der Waals surface area contributed by atoms with Gasteiger partial charge < -0.3 is 26.0 Å². The van der Waals surface area contributed by atoms with Crippen molar-refractivity contribution in [3.05, 3.63) is 59.0 Å². The number of phenols is 1. The number of rotatable bonds is 6. The molecule has 1 aromatic heterocycles. The zero-order valence-electron chi connectivity index (χ0n) is 19.1. The number of nitrogens with one attached hydrogen (secondary N) is 2. The molecule has 4 rings (SSSR count). The van der Waals surface area contributed by atoms with Crippen LogP contribution in [0.1, 0.15) is 32.9 Å². The van der Waals surface area contributed by atoms with Crippen LogP contribution in [0.4, 0.5) is 22.3 Å². The molecule has 0 aliphatic carbocycles. The van der Waals surface area contributed by atoms with Gasteiger partial charge in [0.15, 0.2) is 5.13 Å². The molecule has 5 N–H and O–H groups in total. The molecule has 0 radical (unpaired) electrons. The van der Waals surface area contributed by atoms with Gasteiger partial charge in [0.25, 0.3) is 11.8 Å². The molecule has 1 saturated heterocycles. The minimum atomic E-state index is -0.712. The molecule has 0 atom stereocenters. The van der Waals surface area contributed by atoms with E-state index in [0.717, 1.165) is 43.0 Å². The summed E-state index contributed by atoms with van der Waals surface area (Å²) in [6.45, 7) is 2.05. The van der Waals surface area contributed by atoms with Gasteiger partial charge in [-0.1, -0.05) is 23.5 Å². The number of phenolic OH excluding ortho intramolecular Hbond substituents is 1. The van der Waals surface area contributed by atoms with E-state index in [-0.39, 0.29) is 22.0 Å². The average molecular weight is 481 g/mol. The van der Waals surface area contributed by atoms with E-state index in [1.165, 1.54) is 17.8 Å². The summed E-state index contributed by atoms with van der Waals surface area (Å²) >= 11 is 1.05. The zero-order chi connectivity index (χ0) is 24.2. The molecule has 1 aliphatic heterocycles. The Bertz CT molecular complexity index is 1170. The van der Waals surface area contributed by atoms with Crippen LogP contribution in [-0.2, 0) is 0 Å². The van der Waals surface area contributed by atoms with Crippen LogP contribution in [0.15, 0.2) is 48.5 Å². The van der Waals surface area contributed by atoms with E-state index in [0.29, 0.717) is 11.2 Å². The number of anilines is 4. The van der Waals surface area contributed by atoms with Gasteiger partial charge in [-0.25, -0.2) is 4.98 Å². The molecular weight excluding hydrogens is 452 g/mol. The summed E-state index contributed by atoms with van der Waals surface area (Å²) in [6.07, 6.45) is 2.28. The standard InChI is InChI=1S/C24H28N6O3S/c1-29(2)16-11-13-30(14-12-16)17-9-7-15(8-10-17)26-24-27-21(25)20(34-24)23(33)28-22(32)18-5-3-4-6-19(18)31/h3-10,16,31H,11-14,25H2,1-2H3,(H,26,27)(H,28,32,33). The number of benzene rings is 2. The summed E-state index contributed by atoms with van der Waals surface area (Å²) in [6, 6.07) is 14.7. The van der Waals surface area contributed by atoms with E-state index >= 15 is 0 Å². The maximum Gasteiger partial charge on any atom is 0.272 e. The lowest BCUT2D eigenvalue weighted by Crippen LogP contribution is -2.41. The van der Waals surface area contributed by atoms with Crippen LogP contribution in [0.5, 0.6) is 5.75 Å². The molecule has 0 saturated carbocycles. The lowest BCUT2D eigenvalue weighted by molar-refractivity contribution is 0.0851. The highest BCUT2D eigenvalue weighted by atomic mass is 32.1. The van der Waals surface area contributed by atoms with E-state index in [1.807, 2.05) is 12.1 Å². The smallest absolute Gasteiger partial charge is 0.272 e. The van der Waals surface area contributed by atoms with Crippen molar-refractivity contribution in [3.63, 3.8) is 0 Å². The number of nitrogens with two attached hydrogens (primary N) is 1. The molecule has 1 fully saturated rings. The van der Waals surface area contributed by atoms with Gasteiger partial charge >= 0.3 is 0 Å². The monoisotopic (exact) mass is 480 g/mol. The molecule has 2 aromatic carbocycles. The average Bonchev–Trinajstić information content (AvgIpc) is 3.19. The number of hydrogen-bond acceptors (Lipinski definition) is 9. The van der Waals surface area contributed by atoms with Crippen LogP contribution in [0, 0.1) is 0 Å². The summed E-state index contributed by atoms with van der Waals surface area (Å²) in [4.78, 5) is 33.9. The lowest BCUT2D eigenvalue weighted by atomic mass is 10.0.